The number of rotatable bonds is 5. The molecule has 7 heteroatoms. The first-order valence-electron chi connectivity index (χ1n) is 7.71. The summed E-state index contributed by atoms with van der Waals surface area (Å²) < 4.78 is 0. The monoisotopic (exact) mass is 375 g/mol. The van der Waals surface area contributed by atoms with Gasteiger partial charge in [0.05, 0.1) is 6.42 Å². The van der Waals surface area contributed by atoms with Crippen LogP contribution in [0.25, 0.3) is 0 Å². The minimum absolute atomic E-state index is 0.163. The third kappa shape index (κ3) is 6.17. The molecule has 25 heavy (non-hydrogen) atoms. The first-order chi connectivity index (χ1) is 12.0. The van der Waals surface area contributed by atoms with Gasteiger partial charge in [0.2, 0.25) is 5.91 Å². The van der Waals surface area contributed by atoms with Gasteiger partial charge in [0.1, 0.15) is 0 Å². The Morgan fingerprint density at radius 2 is 1.84 bits per heavy atom. The van der Waals surface area contributed by atoms with Gasteiger partial charge in [-0.3, -0.25) is 9.59 Å². The predicted octanol–water partition coefficient (Wildman–Crippen LogP) is 3.15. The molecular weight excluding hydrogens is 358 g/mol. The minimum Gasteiger partial charge on any atom is -0.352 e. The number of benzene rings is 2. The summed E-state index contributed by atoms with van der Waals surface area (Å²) in [4.78, 5) is 23.9. The van der Waals surface area contributed by atoms with Crippen LogP contribution in [0, 0.1) is 0 Å². The number of halogens is 1. The maximum Gasteiger partial charge on any atom is 0.251 e. The molecule has 2 aromatic carbocycles. The van der Waals surface area contributed by atoms with Gasteiger partial charge in [0.25, 0.3) is 5.91 Å². The number of nitrogens with one attached hydrogen (secondary N) is 3. The van der Waals surface area contributed by atoms with E-state index in [1.54, 1.807) is 48.5 Å². The zero-order valence-electron chi connectivity index (χ0n) is 13.6. The van der Waals surface area contributed by atoms with Crippen LogP contribution < -0.4 is 16.0 Å². The van der Waals surface area contributed by atoms with Crippen molar-refractivity contribution in [3.8, 4) is 0 Å². The van der Waals surface area contributed by atoms with Gasteiger partial charge in [-0.05, 0) is 55.0 Å². The highest BCUT2D eigenvalue weighted by atomic mass is 35.5. The van der Waals surface area contributed by atoms with E-state index in [-0.39, 0.29) is 23.3 Å². The average Bonchev–Trinajstić information content (AvgIpc) is 2.57. The van der Waals surface area contributed by atoms with Crippen molar-refractivity contribution in [1.82, 2.24) is 10.6 Å². The smallest absolute Gasteiger partial charge is 0.251 e. The van der Waals surface area contributed by atoms with Crippen molar-refractivity contribution in [2.75, 3.05) is 11.9 Å². The third-order valence-corrected chi connectivity index (χ3v) is 3.71. The van der Waals surface area contributed by atoms with Crippen LogP contribution in [0.2, 0.25) is 5.02 Å². The highest BCUT2D eigenvalue weighted by Gasteiger charge is 2.08. The van der Waals surface area contributed by atoms with Crippen LogP contribution >= 0.6 is 23.8 Å². The fraction of sp³-hybridized carbons (Fsp3) is 0.167. The molecule has 0 radical (unpaired) electrons. The molecule has 130 valence electrons. The van der Waals surface area contributed by atoms with E-state index in [0.29, 0.717) is 22.8 Å². The third-order valence-electron chi connectivity index (χ3n) is 3.25. The second-order valence-corrected chi connectivity index (χ2v) is 6.09. The van der Waals surface area contributed by atoms with Gasteiger partial charge in [-0.25, -0.2) is 0 Å². The molecule has 0 unspecified atom stereocenters. The molecule has 0 saturated carbocycles. The minimum atomic E-state index is -0.236. The van der Waals surface area contributed by atoms with Crippen LogP contribution in [0.1, 0.15) is 22.8 Å². The summed E-state index contributed by atoms with van der Waals surface area (Å²) in [6.45, 7) is 2.40. The van der Waals surface area contributed by atoms with Crippen molar-refractivity contribution in [2.24, 2.45) is 0 Å². The number of carbonyl (C=O) groups excluding carboxylic acids is 2. The van der Waals surface area contributed by atoms with E-state index in [2.05, 4.69) is 16.0 Å². The summed E-state index contributed by atoms with van der Waals surface area (Å²) in [6.07, 6.45) is 0.192. The lowest BCUT2D eigenvalue weighted by molar-refractivity contribution is -0.119. The zero-order valence-corrected chi connectivity index (χ0v) is 15.2. The summed E-state index contributed by atoms with van der Waals surface area (Å²) in [5, 5.41) is 9.04. The number of amides is 2. The molecule has 0 heterocycles. The Morgan fingerprint density at radius 3 is 2.52 bits per heavy atom. The first kappa shape index (κ1) is 18.9. The summed E-state index contributed by atoms with van der Waals surface area (Å²) in [5.41, 5.74) is 1.98. The van der Waals surface area contributed by atoms with Crippen molar-refractivity contribution in [3.63, 3.8) is 0 Å². The Hall–Kier alpha value is -2.44. The van der Waals surface area contributed by atoms with Gasteiger partial charge in [-0.15, -0.1) is 0 Å². The van der Waals surface area contributed by atoms with Gasteiger partial charge >= 0.3 is 0 Å². The van der Waals surface area contributed by atoms with E-state index >= 15 is 0 Å². The Labute approximate surface area is 156 Å². The molecule has 2 rings (SSSR count). The topological polar surface area (TPSA) is 70.2 Å². The van der Waals surface area contributed by atoms with Gasteiger partial charge in [0, 0.05) is 22.8 Å². The van der Waals surface area contributed by atoms with Gasteiger partial charge in [-0.1, -0.05) is 29.8 Å². The fourth-order valence-electron chi connectivity index (χ4n) is 2.12. The van der Waals surface area contributed by atoms with Gasteiger partial charge in [-0.2, -0.15) is 0 Å². The Bertz CT molecular complexity index is 778. The molecule has 0 saturated heterocycles. The van der Waals surface area contributed by atoms with Crippen molar-refractivity contribution >= 4 is 46.4 Å². The van der Waals surface area contributed by atoms with Crippen LogP contribution in [-0.2, 0) is 11.2 Å². The van der Waals surface area contributed by atoms with Crippen LogP contribution in [-0.4, -0.2) is 23.5 Å². The molecule has 5 nitrogen and oxygen atoms in total. The lowest BCUT2D eigenvalue weighted by atomic mass is 10.1. The number of carbonyl (C=O) groups is 2. The molecule has 0 aliphatic heterocycles. The molecule has 0 bridgehead atoms. The first-order valence-corrected chi connectivity index (χ1v) is 8.50. The SMILES string of the molecule is CCNC(=O)c1cccc(NC(=S)NC(=O)Cc2ccc(Cl)cc2)c1. The van der Waals surface area contributed by atoms with Crippen molar-refractivity contribution in [2.45, 2.75) is 13.3 Å². The lowest BCUT2D eigenvalue weighted by Gasteiger charge is -2.11. The van der Waals surface area contributed by atoms with E-state index in [1.807, 2.05) is 6.92 Å². The second kappa shape index (κ2) is 9.15. The predicted molar refractivity (Wildman–Crippen MR) is 104 cm³/mol. The van der Waals surface area contributed by atoms with Gasteiger partial charge < -0.3 is 16.0 Å². The van der Waals surface area contributed by atoms with Crippen LogP contribution in [0.4, 0.5) is 5.69 Å². The maximum atomic E-state index is 12.0. The van der Waals surface area contributed by atoms with Crippen molar-refractivity contribution < 1.29 is 9.59 Å². The number of hydrogen-bond donors (Lipinski definition) is 3. The fourth-order valence-corrected chi connectivity index (χ4v) is 2.48. The van der Waals surface area contributed by atoms with Crippen LogP contribution in [0.3, 0.4) is 0 Å². The van der Waals surface area contributed by atoms with Crippen molar-refractivity contribution in [1.29, 1.82) is 0 Å². The Balaban J connectivity index is 1.91. The molecule has 0 aromatic heterocycles. The molecule has 2 amide bonds. The molecule has 2 aromatic rings. The lowest BCUT2D eigenvalue weighted by Crippen LogP contribution is -2.35. The summed E-state index contributed by atoms with van der Waals surface area (Å²) in [6, 6.07) is 13.9. The van der Waals surface area contributed by atoms with E-state index in [1.165, 1.54) is 0 Å². The van der Waals surface area contributed by atoms with E-state index in [0.717, 1.165) is 5.56 Å². The largest absolute Gasteiger partial charge is 0.352 e. The second-order valence-electron chi connectivity index (χ2n) is 5.25. The molecule has 0 aliphatic carbocycles. The molecule has 0 spiro atoms. The molecule has 0 atom stereocenters. The van der Waals surface area contributed by atoms with Crippen molar-refractivity contribution in [3.05, 3.63) is 64.7 Å². The number of thiocarbonyl (C=S) groups is 1. The zero-order chi connectivity index (χ0) is 18.2. The normalized spacial score (nSPS) is 10.0. The number of anilines is 1. The molecule has 0 fully saturated rings. The van der Waals surface area contributed by atoms with E-state index in [9.17, 15) is 9.59 Å². The molecule has 3 N–H and O–H groups in total. The standard InChI is InChI=1S/C18H18ClN3O2S/c1-2-20-17(24)13-4-3-5-15(11-13)21-18(25)22-16(23)10-12-6-8-14(19)9-7-12/h3-9,11H,2,10H2,1H3,(H,20,24)(H2,21,22,23,25). The highest BCUT2D eigenvalue weighted by Crippen LogP contribution is 2.11. The quantitative estimate of drug-likeness (QED) is 0.702. The maximum absolute atomic E-state index is 12.0. The molecular formula is C18H18ClN3O2S. The Kier molecular flexibility index (Phi) is 6.91. The average molecular weight is 376 g/mol. The summed E-state index contributed by atoms with van der Waals surface area (Å²) >= 11 is 11.0. The molecule has 0 aliphatic rings. The summed E-state index contributed by atoms with van der Waals surface area (Å²) in [7, 11) is 0. The highest BCUT2D eigenvalue weighted by molar-refractivity contribution is 7.80. The van der Waals surface area contributed by atoms with Crippen LogP contribution in [0.15, 0.2) is 48.5 Å². The van der Waals surface area contributed by atoms with Gasteiger partial charge in [0.15, 0.2) is 5.11 Å². The number of hydrogen-bond acceptors (Lipinski definition) is 3. The summed E-state index contributed by atoms with van der Waals surface area (Å²) in [5.74, 6) is -0.399. The van der Waals surface area contributed by atoms with Crippen LogP contribution in [0.5, 0.6) is 0 Å². The Morgan fingerprint density at radius 1 is 1.12 bits per heavy atom. The van der Waals surface area contributed by atoms with E-state index < -0.39 is 0 Å². The van der Waals surface area contributed by atoms with E-state index in [4.69, 9.17) is 23.8 Å².